The van der Waals surface area contributed by atoms with Crippen LogP contribution in [0.15, 0.2) is 24.3 Å². The molecule has 2 rings (SSSR count). The molecular formula is C13H16N2O3. The Kier molecular flexibility index (Phi) is 3.62. The van der Waals surface area contributed by atoms with Crippen LogP contribution in [-0.4, -0.2) is 38.1 Å². The molecule has 1 heterocycles. The van der Waals surface area contributed by atoms with Crippen molar-refractivity contribution in [3.8, 4) is 0 Å². The number of fused-ring (bicyclic) bond motifs is 1. The predicted octanol–water partition coefficient (Wildman–Crippen LogP) is 0.798. The third kappa shape index (κ3) is 2.36. The summed E-state index contributed by atoms with van der Waals surface area (Å²) < 4.78 is 5.18. The third-order valence-corrected chi connectivity index (χ3v) is 2.98. The molecule has 96 valence electrons. The molecule has 1 N–H and O–H groups in total. The largest absolute Gasteiger partial charge is 0.380 e. The molecule has 0 aromatic heterocycles. The van der Waals surface area contributed by atoms with Gasteiger partial charge in [0.05, 0.1) is 30.4 Å². The van der Waals surface area contributed by atoms with Crippen molar-refractivity contribution < 1.29 is 14.3 Å². The normalized spacial score (nSPS) is 16.9. The molecule has 18 heavy (non-hydrogen) atoms. The number of methoxy groups -OCH3 is 1. The SMILES string of the molecule is COC(C)CN1C(=O)CNC(=O)c2ccccc21. The van der Waals surface area contributed by atoms with Gasteiger partial charge in [-0.25, -0.2) is 0 Å². The van der Waals surface area contributed by atoms with E-state index in [0.717, 1.165) is 0 Å². The minimum absolute atomic E-state index is 0.0178. The van der Waals surface area contributed by atoms with Crippen LogP contribution in [0.1, 0.15) is 17.3 Å². The van der Waals surface area contributed by atoms with Gasteiger partial charge in [-0.1, -0.05) is 12.1 Å². The van der Waals surface area contributed by atoms with Gasteiger partial charge in [0.25, 0.3) is 5.91 Å². The van der Waals surface area contributed by atoms with Crippen LogP contribution in [0.2, 0.25) is 0 Å². The van der Waals surface area contributed by atoms with Crippen LogP contribution in [0.4, 0.5) is 5.69 Å². The summed E-state index contributed by atoms with van der Waals surface area (Å²) in [6, 6.07) is 7.09. The van der Waals surface area contributed by atoms with Gasteiger partial charge in [-0.3, -0.25) is 9.59 Å². The maximum Gasteiger partial charge on any atom is 0.253 e. The van der Waals surface area contributed by atoms with E-state index in [1.807, 2.05) is 13.0 Å². The zero-order chi connectivity index (χ0) is 13.1. The van der Waals surface area contributed by atoms with Crippen molar-refractivity contribution in [2.45, 2.75) is 13.0 Å². The lowest BCUT2D eigenvalue weighted by Gasteiger charge is -2.24. The number of anilines is 1. The molecule has 0 aliphatic carbocycles. The molecular weight excluding hydrogens is 232 g/mol. The second-order valence-corrected chi connectivity index (χ2v) is 4.25. The Morgan fingerprint density at radius 2 is 2.11 bits per heavy atom. The molecule has 5 nitrogen and oxygen atoms in total. The van der Waals surface area contributed by atoms with E-state index in [-0.39, 0.29) is 24.5 Å². The van der Waals surface area contributed by atoms with Gasteiger partial charge in [0.1, 0.15) is 0 Å². The standard InChI is InChI=1S/C13H16N2O3/c1-9(18-2)8-15-11-6-4-3-5-10(11)13(17)14-7-12(15)16/h3-6,9H,7-8H2,1-2H3,(H,14,17). The van der Waals surface area contributed by atoms with Crippen LogP contribution < -0.4 is 10.2 Å². The van der Waals surface area contributed by atoms with E-state index >= 15 is 0 Å². The first kappa shape index (κ1) is 12.6. The van der Waals surface area contributed by atoms with Crippen molar-refractivity contribution >= 4 is 17.5 Å². The van der Waals surface area contributed by atoms with Crippen molar-refractivity contribution in [2.24, 2.45) is 0 Å². The molecule has 5 heteroatoms. The van der Waals surface area contributed by atoms with E-state index < -0.39 is 0 Å². The smallest absolute Gasteiger partial charge is 0.253 e. The second kappa shape index (κ2) is 5.18. The maximum absolute atomic E-state index is 12.0. The van der Waals surface area contributed by atoms with Gasteiger partial charge < -0.3 is 15.0 Å². The lowest BCUT2D eigenvalue weighted by molar-refractivity contribution is -0.118. The number of benzene rings is 1. The molecule has 0 spiro atoms. The van der Waals surface area contributed by atoms with Gasteiger partial charge in [-0.2, -0.15) is 0 Å². The van der Waals surface area contributed by atoms with Gasteiger partial charge in [0.2, 0.25) is 5.91 Å². The summed E-state index contributed by atoms with van der Waals surface area (Å²) >= 11 is 0. The predicted molar refractivity (Wildman–Crippen MR) is 67.6 cm³/mol. The summed E-state index contributed by atoms with van der Waals surface area (Å²) in [5.74, 6) is -0.344. The molecule has 0 fully saturated rings. The Bertz CT molecular complexity index is 473. The Hall–Kier alpha value is -1.88. The van der Waals surface area contributed by atoms with E-state index in [2.05, 4.69) is 5.32 Å². The Morgan fingerprint density at radius 3 is 2.83 bits per heavy atom. The first-order valence-electron chi connectivity index (χ1n) is 5.84. The number of amides is 2. The first-order valence-corrected chi connectivity index (χ1v) is 5.84. The van der Waals surface area contributed by atoms with Crippen molar-refractivity contribution in [1.82, 2.24) is 5.32 Å². The quantitative estimate of drug-likeness (QED) is 0.860. The van der Waals surface area contributed by atoms with Crippen LogP contribution >= 0.6 is 0 Å². The van der Waals surface area contributed by atoms with Crippen molar-refractivity contribution in [3.05, 3.63) is 29.8 Å². The average Bonchev–Trinajstić information content (AvgIpc) is 2.51. The fraction of sp³-hybridized carbons (Fsp3) is 0.385. The van der Waals surface area contributed by atoms with Crippen molar-refractivity contribution in [2.75, 3.05) is 25.1 Å². The van der Waals surface area contributed by atoms with E-state index in [1.54, 1.807) is 30.2 Å². The highest BCUT2D eigenvalue weighted by Crippen LogP contribution is 2.23. The Balaban J connectivity index is 2.39. The maximum atomic E-state index is 12.0. The lowest BCUT2D eigenvalue weighted by Crippen LogP contribution is -2.40. The fourth-order valence-electron chi connectivity index (χ4n) is 1.91. The summed E-state index contributed by atoms with van der Waals surface area (Å²) in [5, 5.41) is 2.60. The molecule has 1 aliphatic heterocycles. The summed E-state index contributed by atoms with van der Waals surface area (Å²) in [4.78, 5) is 25.5. The lowest BCUT2D eigenvalue weighted by atomic mass is 10.1. The van der Waals surface area contributed by atoms with Crippen molar-refractivity contribution in [1.29, 1.82) is 0 Å². The Morgan fingerprint density at radius 1 is 1.39 bits per heavy atom. The zero-order valence-electron chi connectivity index (χ0n) is 10.5. The van der Waals surface area contributed by atoms with Gasteiger partial charge in [0, 0.05) is 7.11 Å². The van der Waals surface area contributed by atoms with Crippen LogP contribution in [0.5, 0.6) is 0 Å². The Labute approximate surface area is 106 Å². The fourth-order valence-corrected chi connectivity index (χ4v) is 1.91. The molecule has 1 atom stereocenters. The molecule has 1 aliphatic rings. The van der Waals surface area contributed by atoms with Crippen molar-refractivity contribution in [3.63, 3.8) is 0 Å². The molecule has 2 amide bonds. The molecule has 1 aromatic carbocycles. The molecule has 0 saturated carbocycles. The number of hydrogen-bond acceptors (Lipinski definition) is 3. The summed E-state index contributed by atoms with van der Waals surface area (Å²) in [5.41, 5.74) is 1.16. The average molecular weight is 248 g/mol. The number of ether oxygens (including phenoxy) is 1. The number of hydrogen-bond donors (Lipinski definition) is 1. The van der Waals surface area contributed by atoms with Crippen LogP contribution in [-0.2, 0) is 9.53 Å². The van der Waals surface area contributed by atoms with E-state index in [9.17, 15) is 9.59 Å². The number of nitrogens with zero attached hydrogens (tertiary/aromatic N) is 1. The van der Waals surface area contributed by atoms with E-state index in [0.29, 0.717) is 17.8 Å². The summed E-state index contributed by atoms with van der Waals surface area (Å²) in [7, 11) is 1.60. The molecule has 1 unspecified atom stereocenters. The van der Waals surface area contributed by atoms with Gasteiger partial charge in [0.15, 0.2) is 0 Å². The minimum Gasteiger partial charge on any atom is -0.380 e. The highest BCUT2D eigenvalue weighted by Gasteiger charge is 2.26. The van der Waals surface area contributed by atoms with E-state index in [1.165, 1.54) is 0 Å². The number of carbonyl (C=O) groups is 2. The van der Waals surface area contributed by atoms with E-state index in [4.69, 9.17) is 4.74 Å². The molecule has 1 aromatic rings. The zero-order valence-corrected chi connectivity index (χ0v) is 10.5. The summed E-state index contributed by atoms with van der Waals surface area (Å²) in [6.07, 6.45) is -0.0878. The third-order valence-electron chi connectivity index (χ3n) is 2.98. The van der Waals surface area contributed by atoms with Crippen LogP contribution in [0.3, 0.4) is 0 Å². The van der Waals surface area contributed by atoms with Gasteiger partial charge in [-0.05, 0) is 19.1 Å². The molecule has 0 saturated heterocycles. The van der Waals surface area contributed by atoms with Crippen LogP contribution in [0.25, 0.3) is 0 Å². The van der Waals surface area contributed by atoms with Gasteiger partial charge >= 0.3 is 0 Å². The van der Waals surface area contributed by atoms with Crippen LogP contribution in [0, 0.1) is 0 Å². The highest BCUT2D eigenvalue weighted by atomic mass is 16.5. The van der Waals surface area contributed by atoms with Gasteiger partial charge in [-0.15, -0.1) is 0 Å². The highest BCUT2D eigenvalue weighted by molar-refractivity contribution is 6.09. The molecule has 0 radical (unpaired) electrons. The number of nitrogens with one attached hydrogen (secondary N) is 1. The number of para-hydroxylation sites is 1. The molecule has 0 bridgehead atoms. The summed E-state index contributed by atoms with van der Waals surface area (Å²) in [6.45, 7) is 2.33. The second-order valence-electron chi connectivity index (χ2n) is 4.25. The topological polar surface area (TPSA) is 58.6 Å². The minimum atomic E-state index is -0.216. The number of carbonyl (C=O) groups excluding carboxylic acids is 2. The first-order chi connectivity index (χ1) is 8.63. The number of rotatable bonds is 3. The monoisotopic (exact) mass is 248 g/mol.